The number of alkyl halides is 3. The molecule has 0 aliphatic carbocycles. The highest BCUT2D eigenvalue weighted by Gasteiger charge is 2.34. The van der Waals surface area contributed by atoms with Crippen LogP contribution < -0.4 is 9.80 Å². The minimum atomic E-state index is -4.38. The molecule has 1 aromatic carbocycles. The Kier molecular flexibility index (Phi) is 3.52. The van der Waals surface area contributed by atoms with Crippen molar-refractivity contribution in [2.75, 3.05) is 29.9 Å². The minimum Gasteiger partial charge on any atom is -0.373 e. The molecular weight excluding hydrogens is 299 g/mol. The Labute approximate surface area is 124 Å². The molecule has 0 amide bonds. The summed E-state index contributed by atoms with van der Waals surface area (Å²) in [6.07, 6.45) is -4.38. The summed E-state index contributed by atoms with van der Waals surface area (Å²) in [5.74, 6) is 0. The maximum Gasteiger partial charge on any atom is 0.434 e. The van der Waals surface area contributed by atoms with E-state index in [-0.39, 0.29) is 0 Å². The second kappa shape index (κ2) is 5.22. The van der Waals surface area contributed by atoms with Gasteiger partial charge in [-0.3, -0.25) is 0 Å². The lowest BCUT2D eigenvalue weighted by Crippen LogP contribution is -2.29. The average Bonchev–Trinajstić information content (AvgIpc) is 2.87. The normalized spacial score (nSPS) is 15.8. The number of rotatable bonds is 1. The van der Waals surface area contributed by atoms with Crippen molar-refractivity contribution in [2.45, 2.75) is 12.7 Å². The monoisotopic (exact) mass is 313 g/mol. The Bertz CT molecular complexity index is 638. The Morgan fingerprint density at radius 3 is 2.67 bits per heavy atom. The molecule has 0 fully saturated rings. The first-order chi connectivity index (χ1) is 9.95. The van der Waals surface area contributed by atoms with Crippen LogP contribution in [0, 0.1) is 0 Å². The Hall–Kier alpha value is -1.76. The molecule has 21 heavy (non-hydrogen) atoms. The summed E-state index contributed by atoms with van der Waals surface area (Å²) >= 11 is 1.04. The molecule has 1 aliphatic heterocycles. The van der Waals surface area contributed by atoms with Gasteiger partial charge in [-0.15, -0.1) is 11.3 Å². The number of anilines is 2. The van der Waals surface area contributed by atoms with Crippen molar-refractivity contribution in [2.24, 2.45) is 0 Å². The van der Waals surface area contributed by atoms with Crippen LogP contribution in [0.15, 0.2) is 29.6 Å². The summed E-state index contributed by atoms with van der Waals surface area (Å²) in [6.45, 7) is 1.97. The average molecular weight is 313 g/mol. The van der Waals surface area contributed by atoms with E-state index in [0.29, 0.717) is 18.2 Å². The lowest BCUT2D eigenvalue weighted by molar-refractivity contribution is -0.140. The highest BCUT2D eigenvalue weighted by atomic mass is 32.1. The van der Waals surface area contributed by atoms with E-state index in [4.69, 9.17) is 0 Å². The van der Waals surface area contributed by atoms with Gasteiger partial charge < -0.3 is 9.80 Å². The molecule has 2 heterocycles. The topological polar surface area (TPSA) is 19.4 Å². The highest BCUT2D eigenvalue weighted by Crippen LogP contribution is 2.34. The Morgan fingerprint density at radius 2 is 1.95 bits per heavy atom. The van der Waals surface area contributed by atoms with Crippen molar-refractivity contribution in [3.8, 4) is 0 Å². The second-order valence-electron chi connectivity index (χ2n) is 4.98. The van der Waals surface area contributed by atoms with Gasteiger partial charge in [-0.1, -0.05) is 18.2 Å². The number of thiazole rings is 1. The zero-order valence-electron chi connectivity index (χ0n) is 11.4. The first kappa shape index (κ1) is 14.2. The third-order valence-corrected chi connectivity index (χ3v) is 4.42. The number of benzene rings is 1. The second-order valence-corrected chi connectivity index (χ2v) is 5.82. The van der Waals surface area contributed by atoms with Crippen molar-refractivity contribution >= 4 is 22.2 Å². The molecule has 0 radical (unpaired) electrons. The molecular formula is C14H14F3N3S. The van der Waals surface area contributed by atoms with Crippen LogP contribution in [0.3, 0.4) is 0 Å². The molecule has 112 valence electrons. The Morgan fingerprint density at radius 1 is 1.19 bits per heavy atom. The lowest BCUT2D eigenvalue weighted by Gasteiger charge is -2.20. The number of hydrogen-bond donors (Lipinski definition) is 0. The molecule has 0 saturated heterocycles. The third kappa shape index (κ3) is 2.83. The van der Waals surface area contributed by atoms with E-state index in [1.807, 2.05) is 36.2 Å². The van der Waals surface area contributed by atoms with Crippen LogP contribution in [-0.2, 0) is 12.7 Å². The van der Waals surface area contributed by atoms with Gasteiger partial charge >= 0.3 is 6.18 Å². The number of para-hydroxylation sites is 1. The fraction of sp³-hybridized carbons (Fsp3) is 0.357. The van der Waals surface area contributed by atoms with Gasteiger partial charge in [0.15, 0.2) is 10.8 Å². The van der Waals surface area contributed by atoms with Crippen molar-refractivity contribution in [1.29, 1.82) is 0 Å². The first-order valence-corrected chi connectivity index (χ1v) is 7.40. The van der Waals surface area contributed by atoms with Crippen LogP contribution in [0.1, 0.15) is 11.3 Å². The summed E-state index contributed by atoms with van der Waals surface area (Å²) in [6, 6.07) is 7.94. The fourth-order valence-electron chi connectivity index (χ4n) is 2.40. The van der Waals surface area contributed by atoms with E-state index in [1.165, 1.54) is 0 Å². The van der Waals surface area contributed by atoms with Crippen LogP contribution >= 0.6 is 11.3 Å². The van der Waals surface area contributed by atoms with E-state index in [1.54, 1.807) is 0 Å². The van der Waals surface area contributed by atoms with Gasteiger partial charge in [0, 0.05) is 37.7 Å². The molecule has 3 rings (SSSR count). The molecule has 7 heteroatoms. The maximum atomic E-state index is 12.7. The summed E-state index contributed by atoms with van der Waals surface area (Å²) in [7, 11) is 1.99. The predicted molar refractivity (Wildman–Crippen MR) is 77.9 cm³/mol. The largest absolute Gasteiger partial charge is 0.434 e. The van der Waals surface area contributed by atoms with Crippen molar-refractivity contribution < 1.29 is 13.2 Å². The summed E-state index contributed by atoms with van der Waals surface area (Å²) in [4.78, 5) is 7.77. The van der Waals surface area contributed by atoms with Crippen LogP contribution in [-0.4, -0.2) is 25.1 Å². The summed E-state index contributed by atoms with van der Waals surface area (Å²) < 4.78 is 38.0. The molecule has 0 bridgehead atoms. The number of hydrogen-bond acceptors (Lipinski definition) is 4. The molecule has 1 aliphatic rings. The van der Waals surface area contributed by atoms with Crippen molar-refractivity contribution in [3.63, 3.8) is 0 Å². The fourth-order valence-corrected chi connectivity index (χ4v) is 3.26. The van der Waals surface area contributed by atoms with E-state index >= 15 is 0 Å². The highest BCUT2D eigenvalue weighted by molar-refractivity contribution is 7.13. The standard InChI is InChI=1S/C14H14F3N3S/c1-19-6-7-20(8-10-4-2-3-5-11(10)19)13-18-12(9-21-13)14(15,16)17/h2-5,9H,6-8H2,1H3. The van der Waals surface area contributed by atoms with Crippen LogP contribution in [0.2, 0.25) is 0 Å². The molecule has 0 N–H and O–H groups in total. The maximum absolute atomic E-state index is 12.7. The molecule has 0 unspecified atom stereocenters. The van der Waals surface area contributed by atoms with Crippen LogP contribution in [0.5, 0.6) is 0 Å². The van der Waals surface area contributed by atoms with Gasteiger partial charge in [0.25, 0.3) is 0 Å². The van der Waals surface area contributed by atoms with Gasteiger partial charge in [-0.05, 0) is 11.6 Å². The smallest absolute Gasteiger partial charge is 0.373 e. The number of fused-ring (bicyclic) bond motifs is 1. The predicted octanol–water partition coefficient (Wildman–Crippen LogP) is 3.62. The van der Waals surface area contributed by atoms with Crippen molar-refractivity contribution in [3.05, 3.63) is 40.9 Å². The van der Waals surface area contributed by atoms with Crippen LogP contribution in [0.25, 0.3) is 0 Å². The van der Waals surface area contributed by atoms with Gasteiger partial charge in [0.1, 0.15) is 0 Å². The first-order valence-electron chi connectivity index (χ1n) is 6.52. The van der Waals surface area contributed by atoms with Crippen LogP contribution in [0.4, 0.5) is 24.0 Å². The van der Waals surface area contributed by atoms with Gasteiger partial charge in [-0.25, -0.2) is 4.98 Å². The van der Waals surface area contributed by atoms with Gasteiger partial charge in [0.2, 0.25) is 0 Å². The van der Waals surface area contributed by atoms with Crippen molar-refractivity contribution in [1.82, 2.24) is 4.98 Å². The number of aromatic nitrogens is 1. The molecule has 2 aromatic rings. The van der Waals surface area contributed by atoms with Gasteiger partial charge in [0.05, 0.1) is 0 Å². The third-order valence-electron chi connectivity index (χ3n) is 3.52. The summed E-state index contributed by atoms with van der Waals surface area (Å²) in [5.41, 5.74) is 1.40. The molecule has 0 atom stereocenters. The van der Waals surface area contributed by atoms with E-state index in [0.717, 1.165) is 34.5 Å². The van der Waals surface area contributed by atoms with E-state index in [9.17, 15) is 13.2 Å². The molecule has 1 aromatic heterocycles. The molecule has 3 nitrogen and oxygen atoms in total. The Balaban J connectivity index is 1.89. The zero-order valence-corrected chi connectivity index (χ0v) is 12.2. The number of likely N-dealkylation sites (N-methyl/N-ethyl adjacent to an activating group) is 1. The number of halogens is 3. The van der Waals surface area contributed by atoms with E-state index < -0.39 is 11.9 Å². The lowest BCUT2D eigenvalue weighted by atomic mass is 10.1. The number of nitrogens with zero attached hydrogens (tertiary/aromatic N) is 3. The minimum absolute atomic E-state index is 0.424. The molecule has 0 spiro atoms. The summed E-state index contributed by atoms with van der Waals surface area (Å²) in [5, 5.41) is 1.50. The SMILES string of the molecule is CN1CCN(c2nc(C(F)(F)F)cs2)Cc2ccccc21. The molecule has 0 saturated carbocycles. The quantitative estimate of drug-likeness (QED) is 0.801. The van der Waals surface area contributed by atoms with Gasteiger partial charge in [-0.2, -0.15) is 13.2 Å². The van der Waals surface area contributed by atoms with E-state index in [2.05, 4.69) is 9.88 Å². The zero-order chi connectivity index (χ0) is 15.0.